The van der Waals surface area contributed by atoms with Crippen LogP contribution in [-0.2, 0) is 28.8 Å². The number of carbonyl (C=O) groups is 6. The summed E-state index contributed by atoms with van der Waals surface area (Å²) in [7, 11) is 6.39. The topological polar surface area (TPSA) is 153 Å². The molecule has 4 rings (SSSR count). The molecule has 0 aliphatic heterocycles. The minimum atomic E-state index is -0.985. The number of nitrogens with two attached hydrogens (primary N) is 1. The van der Waals surface area contributed by atoms with Gasteiger partial charge in [0.2, 0.25) is 35.4 Å². The predicted molar refractivity (Wildman–Crippen MR) is 216 cm³/mol. The number of likely N-dealkylation sites (N-methyl/N-ethyl adjacent to an activating group) is 4. The minimum Gasteiger partial charge on any atom is -0.368 e. The molecule has 2 fully saturated rings. The van der Waals surface area contributed by atoms with Gasteiger partial charge in [0.05, 0.1) is 0 Å². The number of nitrogens with one attached hydrogen (secondary N) is 1. The monoisotopic (exact) mass is 769 g/mol. The quantitative estimate of drug-likeness (QED) is 0.165. The third-order valence-corrected chi connectivity index (χ3v) is 12.4. The molecule has 3 N–H and O–H groups in total. The zero-order valence-corrected chi connectivity index (χ0v) is 36.2. The van der Waals surface area contributed by atoms with E-state index < -0.39 is 53.8 Å². The Hall–Kier alpha value is -3.70. The number of hydrogen-bond donors (Lipinski definition) is 2. The van der Waals surface area contributed by atoms with E-state index in [-0.39, 0.29) is 41.4 Å². The summed E-state index contributed by atoms with van der Waals surface area (Å²) in [4.78, 5) is 88.9. The number of carbonyl (C=O) groups excluding carboxylic acids is 6. The van der Waals surface area contributed by atoms with Crippen LogP contribution in [0.3, 0.4) is 0 Å². The van der Waals surface area contributed by atoms with Crippen LogP contribution in [0.4, 0.5) is 0 Å². The maximum absolute atomic E-state index is 14.8. The lowest BCUT2D eigenvalue weighted by Gasteiger charge is -2.45. The van der Waals surface area contributed by atoms with Crippen LogP contribution in [0.25, 0.3) is 0 Å². The Morgan fingerprint density at radius 3 is 1.71 bits per heavy atom. The van der Waals surface area contributed by atoms with Crippen LogP contribution in [0.2, 0.25) is 0 Å². The molecule has 6 atom stereocenters. The lowest BCUT2D eigenvalue weighted by atomic mass is 9.61. The molecular formula is C43H72N6O6. The second-order valence-corrected chi connectivity index (χ2v) is 17.9. The largest absolute Gasteiger partial charge is 0.368 e. The summed E-state index contributed by atoms with van der Waals surface area (Å²) in [5.41, 5.74) is 11.2. The zero-order chi connectivity index (χ0) is 41.6. The Balaban J connectivity index is 2.01. The van der Waals surface area contributed by atoms with Gasteiger partial charge in [-0.15, -0.1) is 0 Å². The van der Waals surface area contributed by atoms with Crippen LogP contribution < -0.4 is 11.1 Å². The first kappa shape index (κ1) is 45.7. The van der Waals surface area contributed by atoms with Crippen LogP contribution >= 0.6 is 0 Å². The molecule has 0 aromatic carbocycles. The van der Waals surface area contributed by atoms with Crippen LogP contribution in [0, 0.1) is 29.6 Å². The van der Waals surface area contributed by atoms with E-state index in [4.69, 9.17) is 5.73 Å². The van der Waals surface area contributed by atoms with Gasteiger partial charge in [-0.2, -0.15) is 0 Å². The van der Waals surface area contributed by atoms with E-state index >= 15 is 0 Å². The second kappa shape index (κ2) is 19.4. The molecular weight excluding hydrogens is 697 g/mol. The molecule has 12 heteroatoms. The fourth-order valence-corrected chi connectivity index (χ4v) is 8.58. The van der Waals surface area contributed by atoms with Crippen molar-refractivity contribution >= 4 is 35.4 Å². The predicted octanol–water partition coefficient (Wildman–Crippen LogP) is 5.06. The number of nitrogens with zero attached hydrogens (tertiary/aromatic N) is 4. The second-order valence-electron chi connectivity index (χ2n) is 17.9. The number of hydrogen-bond acceptors (Lipinski definition) is 6. The zero-order valence-electron chi connectivity index (χ0n) is 36.2. The molecule has 310 valence electrons. The number of allylic oxidation sites excluding steroid dienone is 4. The number of amides is 6. The van der Waals surface area contributed by atoms with Gasteiger partial charge >= 0.3 is 0 Å². The first-order valence-corrected chi connectivity index (χ1v) is 20.7. The van der Waals surface area contributed by atoms with Gasteiger partial charge in [0, 0.05) is 40.5 Å². The maximum Gasteiger partial charge on any atom is 0.246 e. The normalized spacial score (nSPS) is 18.6. The molecule has 6 amide bonds. The number of rotatable bonds is 20. The van der Waals surface area contributed by atoms with Gasteiger partial charge in [0.1, 0.15) is 30.2 Å². The molecule has 4 aliphatic rings. The summed E-state index contributed by atoms with van der Waals surface area (Å²) in [5.74, 6) is -2.28. The molecule has 0 spiro atoms. The number of primary amides is 1. The smallest absolute Gasteiger partial charge is 0.246 e. The summed E-state index contributed by atoms with van der Waals surface area (Å²) >= 11 is 0. The Morgan fingerprint density at radius 1 is 0.709 bits per heavy atom. The highest BCUT2D eigenvalue weighted by Crippen LogP contribution is 2.54. The molecule has 0 aromatic heterocycles. The summed E-state index contributed by atoms with van der Waals surface area (Å²) in [6.45, 7) is 17.3. The van der Waals surface area contributed by atoms with Crippen molar-refractivity contribution in [3.63, 3.8) is 0 Å². The fraction of sp³-hybridized carbons (Fsp3) is 0.767. The maximum atomic E-state index is 14.8. The van der Waals surface area contributed by atoms with Gasteiger partial charge < -0.3 is 30.7 Å². The molecule has 2 saturated carbocycles. The van der Waals surface area contributed by atoms with Crippen molar-refractivity contribution in [1.29, 1.82) is 0 Å². The molecule has 4 aliphatic carbocycles. The molecule has 0 aromatic rings. The lowest BCUT2D eigenvalue weighted by molar-refractivity contribution is -0.151. The van der Waals surface area contributed by atoms with Crippen molar-refractivity contribution in [2.45, 2.75) is 157 Å². The van der Waals surface area contributed by atoms with Crippen molar-refractivity contribution < 1.29 is 28.8 Å². The highest BCUT2D eigenvalue weighted by molar-refractivity contribution is 5.96. The highest BCUT2D eigenvalue weighted by atomic mass is 16.2. The highest BCUT2D eigenvalue weighted by Gasteiger charge is 2.44. The molecule has 0 saturated heterocycles. The van der Waals surface area contributed by atoms with E-state index in [0.29, 0.717) is 25.7 Å². The van der Waals surface area contributed by atoms with E-state index in [1.54, 1.807) is 33.0 Å². The summed E-state index contributed by atoms with van der Waals surface area (Å²) in [5, 5.41) is 3.12. The molecule has 4 bridgehead atoms. The Labute approximate surface area is 331 Å². The SMILES string of the molecule is CC[C@H](C)CC(=O)N(C)[C@@H](CC(C)C)C(=O)N(C)[C@@H](CC(C)C)C(=O)N[C@@H](CC1C2=C3CC(=C1CCC2)C3)C(=O)N(C)C(C(=O)N(C)[C@@H](C)C(N)=O)C(C)C. The van der Waals surface area contributed by atoms with Gasteiger partial charge in [-0.1, -0.05) is 84.1 Å². The molecule has 1 unspecified atom stereocenters. The van der Waals surface area contributed by atoms with Crippen molar-refractivity contribution in [1.82, 2.24) is 24.9 Å². The fourth-order valence-electron chi connectivity index (χ4n) is 8.58. The van der Waals surface area contributed by atoms with Crippen LogP contribution in [0.15, 0.2) is 22.3 Å². The standard InChI is InChI=1S/C43H72N6O6/c1-14-27(8)20-37(50)47(11)36(19-25(4)5)42(54)48(12)35(18-24(2)3)40(52)45-34(23-33-31-16-15-17-32(33)30-21-29(31)22-30)41(53)49(13)38(26(6)7)43(55)46(10)28(9)39(44)51/h24-28,33-36,38H,14-23H2,1-13H3,(H2,44,51)(H,45,52)/t27-,28-,34-,35-,36-,38?/m0/s1. The van der Waals surface area contributed by atoms with Crippen LogP contribution in [0.1, 0.15) is 127 Å². The third kappa shape index (κ3) is 10.8. The molecule has 12 nitrogen and oxygen atoms in total. The van der Waals surface area contributed by atoms with Crippen molar-refractivity contribution in [2.75, 3.05) is 28.2 Å². The summed E-state index contributed by atoms with van der Waals surface area (Å²) in [6, 6.07) is -4.44. The molecule has 55 heavy (non-hydrogen) atoms. The van der Waals surface area contributed by atoms with Crippen LogP contribution in [0.5, 0.6) is 0 Å². The first-order chi connectivity index (χ1) is 25.6. The van der Waals surface area contributed by atoms with Gasteiger partial charge in [-0.3, -0.25) is 28.8 Å². The van der Waals surface area contributed by atoms with Crippen LogP contribution in [-0.4, -0.2) is 113 Å². The van der Waals surface area contributed by atoms with Gasteiger partial charge in [-0.25, -0.2) is 0 Å². The minimum absolute atomic E-state index is 0.0330. The molecule has 0 heterocycles. The van der Waals surface area contributed by atoms with Gasteiger partial charge in [0.25, 0.3) is 0 Å². The van der Waals surface area contributed by atoms with Gasteiger partial charge in [-0.05, 0) is 82.0 Å². The third-order valence-electron chi connectivity index (χ3n) is 12.4. The average molecular weight is 769 g/mol. The Kier molecular flexibility index (Phi) is 16.1. The summed E-state index contributed by atoms with van der Waals surface area (Å²) in [6.07, 6.45) is 7.36. The van der Waals surface area contributed by atoms with E-state index in [9.17, 15) is 28.8 Å². The Bertz CT molecular complexity index is 1480. The van der Waals surface area contributed by atoms with Gasteiger partial charge in [0.15, 0.2) is 0 Å². The van der Waals surface area contributed by atoms with E-state index in [1.165, 1.54) is 44.0 Å². The molecule has 0 radical (unpaired) electrons. The van der Waals surface area contributed by atoms with Crippen molar-refractivity contribution in [3.05, 3.63) is 22.3 Å². The summed E-state index contributed by atoms with van der Waals surface area (Å²) < 4.78 is 0. The van der Waals surface area contributed by atoms with Crippen molar-refractivity contribution in [3.8, 4) is 0 Å². The average Bonchev–Trinajstić information content (AvgIpc) is 3.09. The van der Waals surface area contributed by atoms with E-state index in [0.717, 1.165) is 38.5 Å². The van der Waals surface area contributed by atoms with E-state index in [1.807, 2.05) is 55.4 Å². The lowest BCUT2D eigenvalue weighted by Crippen LogP contribution is -2.60. The van der Waals surface area contributed by atoms with Crippen molar-refractivity contribution in [2.24, 2.45) is 35.3 Å². The van der Waals surface area contributed by atoms with E-state index in [2.05, 4.69) is 5.32 Å². The Morgan fingerprint density at radius 2 is 1.24 bits per heavy atom. The first-order valence-electron chi connectivity index (χ1n) is 20.7.